The molecule has 1 aliphatic heterocycles. The second kappa shape index (κ2) is 5.32. The van der Waals surface area contributed by atoms with Crippen molar-refractivity contribution in [2.24, 2.45) is 11.8 Å². The number of carbonyl (C=O) groups is 1. The summed E-state index contributed by atoms with van der Waals surface area (Å²) in [6.45, 7) is 8.81. The molecule has 1 aromatic rings. The Morgan fingerprint density at radius 3 is 2.63 bits per heavy atom. The summed E-state index contributed by atoms with van der Waals surface area (Å²) in [5, 5.41) is 0. The fraction of sp³-hybridized carbons (Fsp3) is 0.562. The molecule has 3 atom stereocenters. The van der Waals surface area contributed by atoms with Crippen LogP contribution < -0.4 is 4.90 Å². The van der Waals surface area contributed by atoms with Gasteiger partial charge in [-0.25, -0.2) is 4.39 Å². The molecule has 19 heavy (non-hydrogen) atoms. The fourth-order valence-corrected chi connectivity index (χ4v) is 3.10. The molecule has 2 nitrogen and oxygen atoms in total. The van der Waals surface area contributed by atoms with E-state index in [1.807, 2.05) is 0 Å². The summed E-state index contributed by atoms with van der Waals surface area (Å²) >= 11 is 0. The molecule has 2 rings (SSSR count). The summed E-state index contributed by atoms with van der Waals surface area (Å²) in [5.74, 6) is 0.655. The maximum Gasteiger partial charge on any atom is 0.161 e. The second-order valence-corrected chi connectivity index (χ2v) is 5.90. The van der Waals surface area contributed by atoms with E-state index in [0.717, 1.165) is 13.0 Å². The van der Waals surface area contributed by atoms with Crippen molar-refractivity contribution < 1.29 is 9.18 Å². The van der Waals surface area contributed by atoms with Crippen molar-refractivity contribution in [2.75, 3.05) is 11.4 Å². The minimum Gasteiger partial charge on any atom is -0.365 e. The first kappa shape index (κ1) is 14.0. The van der Waals surface area contributed by atoms with Crippen molar-refractivity contribution in [1.29, 1.82) is 0 Å². The summed E-state index contributed by atoms with van der Waals surface area (Å²) in [4.78, 5) is 13.8. The van der Waals surface area contributed by atoms with Crippen LogP contribution in [0.5, 0.6) is 0 Å². The lowest BCUT2D eigenvalue weighted by molar-refractivity contribution is 0.101. The van der Waals surface area contributed by atoms with Gasteiger partial charge in [-0.2, -0.15) is 0 Å². The molecule has 1 heterocycles. The molecule has 3 unspecified atom stereocenters. The highest BCUT2D eigenvalue weighted by Gasteiger charge is 2.32. The van der Waals surface area contributed by atoms with E-state index in [1.165, 1.54) is 13.0 Å². The molecule has 1 aromatic carbocycles. The topological polar surface area (TPSA) is 20.3 Å². The Labute approximate surface area is 114 Å². The van der Waals surface area contributed by atoms with Crippen molar-refractivity contribution in [1.82, 2.24) is 0 Å². The maximum atomic E-state index is 14.2. The number of ketones is 1. The number of hydrogen-bond donors (Lipinski definition) is 0. The largest absolute Gasteiger partial charge is 0.365 e. The molecule has 0 bridgehead atoms. The third kappa shape index (κ3) is 2.65. The van der Waals surface area contributed by atoms with Gasteiger partial charge in [0.1, 0.15) is 5.82 Å². The van der Waals surface area contributed by atoms with Gasteiger partial charge < -0.3 is 4.90 Å². The van der Waals surface area contributed by atoms with E-state index in [4.69, 9.17) is 0 Å². The van der Waals surface area contributed by atoms with Crippen molar-refractivity contribution in [2.45, 2.75) is 40.2 Å². The molecule has 0 aliphatic carbocycles. The van der Waals surface area contributed by atoms with E-state index in [9.17, 15) is 9.18 Å². The van der Waals surface area contributed by atoms with Crippen molar-refractivity contribution in [3.05, 3.63) is 29.6 Å². The molecule has 104 valence electrons. The van der Waals surface area contributed by atoms with Gasteiger partial charge in [0.15, 0.2) is 5.78 Å². The monoisotopic (exact) mass is 263 g/mol. The lowest BCUT2D eigenvalue weighted by Crippen LogP contribution is -2.46. The van der Waals surface area contributed by atoms with Crippen LogP contribution in [-0.2, 0) is 0 Å². The number of anilines is 1. The average Bonchev–Trinajstić information content (AvgIpc) is 2.33. The molecule has 0 spiro atoms. The summed E-state index contributed by atoms with van der Waals surface area (Å²) < 4.78 is 14.2. The van der Waals surface area contributed by atoms with E-state index in [1.54, 1.807) is 12.1 Å². The number of piperidine rings is 1. The van der Waals surface area contributed by atoms with Crippen LogP contribution in [-0.4, -0.2) is 18.4 Å². The van der Waals surface area contributed by atoms with Gasteiger partial charge in [0.25, 0.3) is 0 Å². The SMILES string of the molecule is CC(=O)c1cccc(F)c1N1CC(C)CC(C)C1C. The standard InChI is InChI=1S/C16H22FNO/c1-10-8-11(2)12(3)18(9-10)16-14(13(4)19)6-5-7-15(16)17/h5-7,10-12H,8-9H2,1-4H3. The summed E-state index contributed by atoms with van der Waals surface area (Å²) in [5.41, 5.74) is 0.981. The van der Waals surface area contributed by atoms with Crippen molar-refractivity contribution >= 4 is 11.5 Å². The lowest BCUT2D eigenvalue weighted by atomic mass is 9.85. The van der Waals surface area contributed by atoms with Crippen LogP contribution in [0.25, 0.3) is 0 Å². The third-order valence-corrected chi connectivity index (χ3v) is 4.25. The Kier molecular flexibility index (Phi) is 3.93. The van der Waals surface area contributed by atoms with Gasteiger partial charge >= 0.3 is 0 Å². The van der Waals surface area contributed by atoms with Crippen molar-refractivity contribution in [3.63, 3.8) is 0 Å². The number of Topliss-reactive ketones (excluding diaryl/α,β-unsaturated/α-hetero) is 1. The first-order valence-corrected chi connectivity index (χ1v) is 6.98. The molecule has 0 amide bonds. The number of para-hydroxylation sites is 1. The average molecular weight is 263 g/mol. The minimum atomic E-state index is -0.291. The van der Waals surface area contributed by atoms with Crippen LogP contribution in [0.1, 0.15) is 44.5 Å². The molecule has 0 radical (unpaired) electrons. The molecule has 1 fully saturated rings. The van der Waals surface area contributed by atoms with Gasteiger partial charge in [-0.05, 0) is 44.2 Å². The smallest absolute Gasteiger partial charge is 0.161 e. The van der Waals surface area contributed by atoms with Gasteiger partial charge in [-0.15, -0.1) is 0 Å². The van der Waals surface area contributed by atoms with Gasteiger partial charge in [0.2, 0.25) is 0 Å². The van der Waals surface area contributed by atoms with Gasteiger partial charge in [0.05, 0.1) is 5.69 Å². The zero-order chi connectivity index (χ0) is 14.2. The number of hydrogen-bond acceptors (Lipinski definition) is 2. The number of benzene rings is 1. The van der Waals surface area contributed by atoms with Crippen LogP contribution in [0.15, 0.2) is 18.2 Å². The van der Waals surface area contributed by atoms with Crippen LogP contribution in [0.4, 0.5) is 10.1 Å². The van der Waals surface area contributed by atoms with Gasteiger partial charge in [0, 0.05) is 18.2 Å². The zero-order valence-electron chi connectivity index (χ0n) is 12.1. The lowest BCUT2D eigenvalue weighted by Gasteiger charge is -2.43. The fourth-order valence-electron chi connectivity index (χ4n) is 3.10. The van der Waals surface area contributed by atoms with Crippen molar-refractivity contribution in [3.8, 4) is 0 Å². The quantitative estimate of drug-likeness (QED) is 0.754. The van der Waals surface area contributed by atoms with Crippen LogP contribution in [0, 0.1) is 17.7 Å². The maximum absolute atomic E-state index is 14.2. The number of rotatable bonds is 2. The Hall–Kier alpha value is -1.38. The first-order chi connectivity index (χ1) is 8.91. The Morgan fingerprint density at radius 2 is 2.00 bits per heavy atom. The molecule has 0 N–H and O–H groups in total. The van der Waals surface area contributed by atoms with E-state index in [-0.39, 0.29) is 17.6 Å². The van der Waals surface area contributed by atoms with Crippen LogP contribution in [0.3, 0.4) is 0 Å². The summed E-state index contributed by atoms with van der Waals surface area (Å²) in [7, 11) is 0. The third-order valence-electron chi connectivity index (χ3n) is 4.25. The van der Waals surface area contributed by atoms with E-state index < -0.39 is 0 Å². The summed E-state index contributed by atoms with van der Waals surface area (Å²) in [6, 6.07) is 5.03. The summed E-state index contributed by atoms with van der Waals surface area (Å²) in [6.07, 6.45) is 1.15. The molecule has 1 saturated heterocycles. The molecule has 3 heteroatoms. The zero-order valence-corrected chi connectivity index (χ0v) is 12.1. The molecule has 0 aromatic heterocycles. The van der Waals surface area contributed by atoms with E-state index >= 15 is 0 Å². The van der Waals surface area contributed by atoms with Crippen LogP contribution in [0.2, 0.25) is 0 Å². The van der Waals surface area contributed by atoms with Crippen LogP contribution >= 0.6 is 0 Å². The minimum absolute atomic E-state index is 0.0763. The highest BCUT2D eigenvalue weighted by atomic mass is 19.1. The molecule has 1 aliphatic rings. The van der Waals surface area contributed by atoms with E-state index in [0.29, 0.717) is 23.1 Å². The van der Waals surface area contributed by atoms with E-state index in [2.05, 4.69) is 25.7 Å². The molecular weight excluding hydrogens is 241 g/mol. The second-order valence-electron chi connectivity index (χ2n) is 5.90. The Morgan fingerprint density at radius 1 is 1.32 bits per heavy atom. The molecular formula is C16H22FNO. The van der Waals surface area contributed by atoms with Gasteiger partial charge in [-0.3, -0.25) is 4.79 Å². The highest BCUT2D eigenvalue weighted by molar-refractivity contribution is 5.99. The first-order valence-electron chi connectivity index (χ1n) is 6.98. The normalized spacial score (nSPS) is 27.4. The number of carbonyl (C=O) groups excluding carboxylic acids is 1. The number of halogens is 1. The predicted molar refractivity (Wildman–Crippen MR) is 76.2 cm³/mol. The Bertz CT molecular complexity index is 486. The predicted octanol–water partition coefficient (Wildman–Crippen LogP) is 3.90. The van der Waals surface area contributed by atoms with Gasteiger partial charge in [-0.1, -0.05) is 19.9 Å². The Balaban J connectivity index is 2.48. The number of nitrogens with zero attached hydrogens (tertiary/aromatic N) is 1. The highest BCUT2D eigenvalue weighted by Crippen LogP contribution is 2.34. The molecule has 0 saturated carbocycles.